The molecule has 0 radical (unpaired) electrons. The molecule has 1 saturated heterocycles. The molecule has 1 aliphatic rings. The van der Waals surface area contributed by atoms with E-state index >= 15 is 0 Å². The van der Waals surface area contributed by atoms with E-state index in [1.807, 2.05) is 83.8 Å². The normalized spacial score (nSPS) is 17.1. The highest BCUT2D eigenvalue weighted by molar-refractivity contribution is 6.00. The van der Waals surface area contributed by atoms with Crippen molar-refractivity contribution in [3.8, 4) is 0 Å². The largest absolute Gasteiger partial charge is 0.352 e. The molecule has 7 nitrogen and oxygen atoms in total. The van der Waals surface area contributed by atoms with Gasteiger partial charge in [0.2, 0.25) is 5.91 Å². The maximum absolute atomic E-state index is 14.0. The Labute approximate surface area is 253 Å². The summed E-state index contributed by atoms with van der Waals surface area (Å²) in [5.74, 6) is 0.198. The van der Waals surface area contributed by atoms with E-state index in [0.717, 1.165) is 17.2 Å². The van der Waals surface area contributed by atoms with Gasteiger partial charge in [-0.05, 0) is 53.6 Å². The molecule has 4 N–H and O–H groups in total. The van der Waals surface area contributed by atoms with E-state index in [0.29, 0.717) is 50.9 Å². The quantitative estimate of drug-likeness (QED) is 0.150. The molecule has 0 spiro atoms. The summed E-state index contributed by atoms with van der Waals surface area (Å²) >= 11 is 0. The van der Waals surface area contributed by atoms with Crippen molar-refractivity contribution in [3.05, 3.63) is 120 Å². The van der Waals surface area contributed by atoms with Gasteiger partial charge in [0, 0.05) is 43.6 Å². The third-order valence-corrected chi connectivity index (χ3v) is 8.36. The first-order valence-corrected chi connectivity index (χ1v) is 15.2. The SMILES string of the molecule is NC(=O)NCCC[C@H]1N[C@H](CCC(=O)c2ccc3ccccc3c2)CCN(CC(c2ccccc2)c2ccccc2)C1=O. The molecule has 5 rings (SSSR count). The third kappa shape index (κ3) is 8.08. The molecule has 0 bridgehead atoms. The van der Waals surface area contributed by atoms with Crippen LogP contribution in [0.2, 0.25) is 0 Å². The second kappa shape index (κ2) is 14.6. The van der Waals surface area contributed by atoms with Crippen LogP contribution in [0.5, 0.6) is 0 Å². The monoisotopic (exact) mass is 576 g/mol. The first kappa shape index (κ1) is 30.0. The molecule has 1 fully saturated rings. The third-order valence-electron chi connectivity index (χ3n) is 8.36. The van der Waals surface area contributed by atoms with Gasteiger partial charge in [-0.3, -0.25) is 9.59 Å². The first-order chi connectivity index (χ1) is 21.0. The molecule has 222 valence electrons. The van der Waals surface area contributed by atoms with Gasteiger partial charge in [0.25, 0.3) is 0 Å². The van der Waals surface area contributed by atoms with Crippen LogP contribution in [0.15, 0.2) is 103 Å². The smallest absolute Gasteiger partial charge is 0.312 e. The number of nitrogens with zero attached hydrogens (tertiary/aromatic N) is 1. The lowest BCUT2D eigenvalue weighted by Gasteiger charge is -2.29. The van der Waals surface area contributed by atoms with Crippen LogP contribution in [0, 0.1) is 0 Å². The van der Waals surface area contributed by atoms with Crippen LogP contribution in [-0.4, -0.2) is 54.3 Å². The van der Waals surface area contributed by atoms with Gasteiger partial charge in [-0.15, -0.1) is 0 Å². The fraction of sp³-hybridized carbons (Fsp3) is 0.306. The van der Waals surface area contributed by atoms with Crippen molar-refractivity contribution in [1.82, 2.24) is 15.5 Å². The van der Waals surface area contributed by atoms with E-state index in [9.17, 15) is 14.4 Å². The Kier molecular flexibility index (Phi) is 10.2. The highest BCUT2D eigenvalue weighted by atomic mass is 16.2. The molecule has 43 heavy (non-hydrogen) atoms. The van der Waals surface area contributed by atoms with Crippen molar-refractivity contribution in [2.75, 3.05) is 19.6 Å². The summed E-state index contributed by atoms with van der Waals surface area (Å²) in [5.41, 5.74) is 8.29. The van der Waals surface area contributed by atoms with Crippen molar-refractivity contribution < 1.29 is 14.4 Å². The lowest BCUT2D eigenvalue weighted by Crippen LogP contribution is -2.47. The molecule has 1 heterocycles. The number of urea groups is 1. The molecule has 4 aromatic rings. The second-order valence-corrected chi connectivity index (χ2v) is 11.3. The maximum Gasteiger partial charge on any atom is 0.312 e. The van der Waals surface area contributed by atoms with Crippen LogP contribution in [0.4, 0.5) is 4.79 Å². The van der Waals surface area contributed by atoms with Crippen molar-refractivity contribution in [2.24, 2.45) is 5.73 Å². The molecule has 0 unspecified atom stereocenters. The second-order valence-electron chi connectivity index (χ2n) is 11.3. The lowest BCUT2D eigenvalue weighted by atomic mass is 9.90. The van der Waals surface area contributed by atoms with Gasteiger partial charge in [0.05, 0.1) is 6.04 Å². The molecular formula is C36H40N4O3. The standard InChI is InChI=1S/C36H40N4O3/c37-36(43)38-22-9-16-33-35(42)40(25-32(27-11-3-1-4-12-27)28-13-5-2-6-14-28)23-21-31(39-33)19-20-34(41)30-18-17-26-10-7-8-15-29(26)24-30/h1-8,10-15,17-18,24,31-33,39H,9,16,19-23,25H2,(H3,37,38,43)/t31-,33-/m1/s1. The zero-order valence-corrected chi connectivity index (χ0v) is 24.5. The van der Waals surface area contributed by atoms with Crippen LogP contribution in [0.1, 0.15) is 59.5 Å². The Morgan fingerprint density at radius 1 is 0.860 bits per heavy atom. The van der Waals surface area contributed by atoms with Crippen LogP contribution < -0.4 is 16.4 Å². The highest BCUT2D eigenvalue weighted by Gasteiger charge is 2.32. The number of ketones is 1. The first-order valence-electron chi connectivity index (χ1n) is 15.2. The van der Waals surface area contributed by atoms with Gasteiger partial charge >= 0.3 is 6.03 Å². The number of primary amides is 1. The number of fused-ring (bicyclic) bond motifs is 1. The molecule has 1 aliphatic heterocycles. The summed E-state index contributed by atoms with van der Waals surface area (Å²) in [7, 11) is 0. The van der Waals surface area contributed by atoms with E-state index in [2.05, 4.69) is 34.9 Å². The van der Waals surface area contributed by atoms with Gasteiger partial charge in [0.15, 0.2) is 5.78 Å². The Morgan fingerprint density at radius 2 is 1.51 bits per heavy atom. The Balaban J connectivity index is 1.30. The number of hydrogen-bond acceptors (Lipinski definition) is 4. The lowest BCUT2D eigenvalue weighted by molar-refractivity contribution is -0.133. The van der Waals surface area contributed by atoms with Crippen LogP contribution >= 0.6 is 0 Å². The van der Waals surface area contributed by atoms with Crippen LogP contribution in [-0.2, 0) is 4.79 Å². The number of carbonyl (C=O) groups is 3. The van der Waals surface area contributed by atoms with E-state index in [-0.39, 0.29) is 23.7 Å². The van der Waals surface area contributed by atoms with Crippen molar-refractivity contribution >= 4 is 28.5 Å². The number of carbonyl (C=O) groups excluding carboxylic acids is 3. The van der Waals surface area contributed by atoms with E-state index < -0.39 is 12.1 Å². The Bertz CT molecular complexity index is 1490. The summed E-state index contributed by atoms with van der Waals surface area (Å²) in [6.45, 7) is 1.57. The zero-order valence-electron chi connectivity index (χ0n) is 24.5. The number of rotatable bonds is 12. The number of nitrogens with one attached hydrogen (secondary N) is 2. The Hall–Kier alpha value is -4.49. The topological polar surface area (TPSA) is 105 Å². The van der Waals surface area contributed by atoms with Gasteiger partial charge in [-0.2, -0.15) is 0 Å². The summed E-state index contributed by atoms with van der Waals surface area (Å²) in [5, 5.41) is 8.38. The molecule has 0 saturated carbocycles. The number of benzene rings is 4. The summed E-state index contributed by atoms with van der Waals surface area (Å²) in [6.07, 6.45) is 2.97. The van der Waals surface area contributed by atoms with Gasteiger partial charge < -0.3 is 21.3 Å². The van der Waals surface area contributed by atoms with Gasteiger partial charge in [-0.25, -0.2) is 4.79 Å². The minimum absolute atomic E-state index is 0.0133. The zero-order chi connectivity index (χ0) is 30.0. The molecule has 0 aromatic heterocycles. The van der Waals surface area contributed by atoms with E-state index in [4.69, 9.17) is 5.73 Å². The minimum atomic E-state index is -0.569. The van der Waals surface area contributed by atoms with Crippen LogP contribution in [0.25, 0.3) is 10.8 Å². The highest BCUT2D eigenvalue weighted by Crippen LogP contribution is 2.27. The van der Waals surface area contributed by atoms with Crippen molar-refractivity contribution in [1.29, 1.82) is 0 Å². The minimum Gasteiger partial charge on any atom is -0.352 e. The van der Waals surface area contributed by atoms with Gasteiger partial charge in [0.1, 0.15) is 0 Å². The summed E-state index contributed by atoms with van der Waals surface area (Å²) in [4.78, 5) is 40.4. The number of amides is 3. The average molecular weight is 577 g/mol. The van der Waals surface area contributed by atoms with Crippen molar-refractivity contribution in [2.45, 2.75) is 50.1 Å². The summed E-state index contributed by atoms with van der Waals surface area (Å²) in [6, 6.07) is 33.6. The average Bonchev–Trinajstić information content (AvgIpc) is 3.19. The molecule has 0 aliphatic carbocycles. The number of hydrogen-bond donors (Lipinski definition) is 3. The molecule has 2 atom stereocenters. The fourth-order valence-electron chi connectivity index (χ4n) is 6.02. The molecule has 3 amide bonds. The Morgan fingerprint density at radius 3 is 2.19 bits per heavy atom. The van der Waals surface area contributed by atoms with Gasteiger partial charge in [-0.1, -0.05) is 97.1 Å². The molecule has 7 heteroatoms. The summed E-state index contributed by atoms with van der Waals surface area (Å²) < 4.78 is 0. The van der Waals surface area contributed by atoms with E-state index in [1.165, 1.54) is 11.1 Å². The van der Waals surface area contributed by atoms with E-state index in [1.54, 1.807) is 0 Å². The molecule has 4 aromatic carbocycles. The maximum atomic E-state index is 14.0. The number of nitrogens with two attached hydrogens (primary N) is 1. The predicted octanol–water partition coefficient (Wildman–Crippen LogP) is 5.64. The number of Topliss-reactive ketones (excluding diaryl/α,β-unsaturated/α-hetero) is 1. The molecular weight excluding hydrogens is 536 g/mol. The fourth-order valence-corrected chi connectivity index (χ4v) is 6.02. The van der Waals surface area contributed by atoms with Crippen LogP contribution in [0.3, 0.4) is 0 Å². The predicted molar refractivity (Wildman–Crippen MR) is 171 cm³/mol. The van der Waals surface area contributed by atoms with Crippen molar-refractivity contribution in [3.63, 3.8) is 0 Å².